The summed E-state index contributed by atoms with van der Waals surface area (Å²) in [6.07, 6.45) is -0.517. The van der Waals surface area contributed by atoms with Crippen LogP contribution >= 0.6 is 0 Å². The van der Waals surface area contributed by atoms with Crippen molar-refractivity contribution in [1.82, 2.24) is 4.72 Å². The standard InChI is InChI=1S/C17H18FNO6S/c1-24-13-7-8-15(25-2)16(9-13)26(22,23)19-14(10-17(20)21)11-3-5-12(18)6-4-11/h3-9,14,19H,10H2,1-2H3,(H,20,21)/t14-/m1/s1. The van der Waals surface area contributed by atoms with E-state index in [9.17, 15) is 17.6 Å². The normalized spacial score (nSPS) is 12.4. The zero-order valence-electron chi connectivity index (χ0n) is 14.1. The van der Waals surface area contributed by atoms with Crippen molar-refractivity contribution in [1.29, 1.82) is 0 Å². The maximum atomic E-state index is 13.1. The number of hydrogen-bond donors (Lipinski definition) is 2. The van der Waals surface area contributed by atoms with E-state index in [1.165, 1.54) is 44.6 Å². The smallest absolute Gasteiger partial charge is 0.305 e. The Morgan fingerprint density at radius 1 is 1.15 bits per heavy atom. The van der Waals surface area contributed by atoms with Gasteiger partial charge in [-0.15, -0.1) is 0 Å². The van der Waals surface area contributed by atoms with Gasteiger partial charge in [0.25, 0.3) is 0 Å². The van der Waals surface area contributed by atoms with Crippen molar-refractivity contribution < 1.29 is 32.2 Å². The molecular weight excluding hydrogens is 365 g/mol. The second kappa shape index (κ2) is 8.15. The largest absolute Gasteiger partial charge is 0.497 e. The van der Waals surface area contributed by atoms with Crippen LogP contribution in [-0.4, -0.2) is 33.7 Å². The highest BCUT2D eigenvalue weighted by atomic mass is 32.2. The van der Waals surface area contributed by atoms with E-state index in [0.29, 0.717) is 11.3 Å². The number of ether oxygens (including phenoxy) is 2. The minimum Gasteiger partial charge on any atom is -0.497 e. The third kappa shape index (κ3) is 4.70. The molecule has 0 saturated carbocycles. The van der Waals surface area contributed by atoms with Crippen LogP contribution < -0.4 is 14.2 Å². The monoisotopic (exact) mass is 383 g/mol. The number of hydrogen-bond acceptors (Lipinski definition) is 5. The number of halogens is 1. The summed E-state index contributed by atoms with van der Waals surface area (Å²) in [7, 11) is -1.45. The second-order valence-electron chi connectivity index (χ2n) is 5.34. The summed E-state index contributed by atoms with van der Waals surface area (Å²) in [5.74, 6) is -1.35. The molecule has 0 saturated heterocycles. The molecule has 0 radical (unpaired) electrons. The maximum Gasteiger partial charge on any atom is 0.305 e. The Morgan fingerprint density at radius 2 is 1.81 bits per heavy atom. The predicted molar refractivity (Wildman–Crippen MR) is 91.3 cm³/mol. The molecule has 26 heavy (non-hydrogen) atoms. The van der Waals surface area contributed by atoms with Crippen LogP contribution in [0.3, 0.4) is 0 Å². The first-order valence-corrected chi connectivity index (χ1v) is 8.96. The lowest BCUT2D eigenvalue weighted by Gasteiger charge is -2.19. The molecule has 2 N–H and O–H groups in total. The molecular formula is C17H18FNO6S. The van der Waals surface area contributed by atoms with Gasteiger partial charge >= 0.3 is 5.97 Å². The van der Waals surface area contributed by atoms with Gasteiger partial charge in [0.15, 0.2) is 0 Å². The lowest BCUT2D eigenvalue weighted by molar-refractivity contribution is -0.137. The fraction of sp³-hybridized carbons (Fsp3) is 0.235. The number of aliphatic carboxylic acids is 1. The van der Waals surface area contributed by atoms with Crippen LogP contribution in [0.5, 0.6) is 11.5 Å². The van der Waals surface area contributed by atoms with Crippen molar-refractivity contribution in [3.63, 3.8) is 0 Å². The fourth-order valence-corrected chi connectivity index (χ4v) is 3.75. The summed E-state index contributed by atoms with van der Waals surface area (Å²) in [6.45, 7) is 0. The van der Waals surface area contributed by atoms with Gasteiger partial charge in [-0.2, -0.15) is 0 Å². The van der Waals surface area contributed by atoms with Gasteiger partial charge in [0, 0.05) is 6.07 Å². The summed E-state index contributed by atoms with van der Waals surface area (Å²) in [5.41, 5.74) is 0.319. The Labute approximate surface area is 150 Å². The number of rotatable bonds is 8. The highest BCUT2D eigenvalue weighted by Gasteiger charge is 2.26. The molecule has 0 spiro atoms. The van der Waals surface area contributed by atoms with Crippen molar-refractivity contribution in [3.8, 4) is 11.5 Å². The van der Waals surface area contributed by atoms with Gasteiger partial charge < -0.3 is 14.6 Å². The van der Waals surface area contributed by atoms with Gasteiger partial charge in [-0.05, 0) is 29.8 Å². The Bertz CT molecular complexity index is 883. The molecule has 7 nitrogen and oxygen atoms in total. The third-order valence-corrected chi connectivity index (χ3v) is 5.10. The minimum absolute atomic E-state index is 0.0754. The first-order valence-electron chi connectivity index (χ1n) is 7.48. The summed E-state index contributed by atoms with van der Waals surface area (Å²) in [5, 5.41) is 9.10. The average Bonchev–Trinajstić information content (AvgIpc) is 2.60. The number of benzene rings is 2. The summed E-state index contributed by atoms with van der Waals surface area (Å²) < 4.78 is 51.2. The molecule has 140 valence electrons. The van der Waals surface area contributed by atoms with E-state index in [0.717, 1.165) is 12.1 Å². The van der Waals surface area contributed by atoms with E-state index in [1.54, 1.807) is 0 Å². The van der Waals surface area contributed by atoms with Crippen molar-refractivity contribution in [2.75, 3.05) is 14.2 Å². The van der Waals surface area contributed by atoms with Crippen LogP contribution in [0.15, 0.2) is 47.4 Å². The fourth-order valence-electron chi connectivity index (χ4n) is 2.34. The highest BCUT2D eigenvalue weighted by molar-refractivity contribution is 7.89. The quantitative estimate of drug-likeness (QED) is 0.725. The van der Waals surface area contributed by atoms with Crippen LogP contribution in [0.25, 0.3) is 0 Å². The summed E-state index contributed by atoms with van der Waals surface area (Å²) in [4.78, 5) is 10.9. The van der Waals surface area contributed by atoms with Gasteiger partial charge in [-0.3, -0.25) is 4.79 Å². The molecule has 9 heteroatoms. The first kappa shape index (κ1) is 19.7. The lowest BCUT2D eigenvalue weighted by Crippen LogP contribution is -2.30. The topological polar surface area (TPSA) is 102 Å². The average molecular weight is 383 g/mol. The van der Waals surface area contributed by atoms with Gasteiger partial charge in [-0.1, -0.05) is 12.1 Å². The molecule has 0 aromatic heterocycles. The van der Waals surface area contributed by atoms with Crippen LogP contribution in [0.1, 0.15) is 18.0 Å². The van der Waals surface area contributed by atoms with E-state index >= 15 is 0 Å². The molecule has 0 fully saturated rings. The van der Waals surface area contributed by atoms with Gasteiger partial charge in [0.2, 0.25) is 10.0 Å². The lowest BCUT2D eigenvalue weighted by atomic mass is 10.1. The molecule has 0 unspecified atom stereocenters. The molecule has 0 amide bonds. The van der Waals surface area contributed by atoms with E-state index in [-0.39, 0.29) is 10.6 Å². The first-order chi connectivity index (χ1) is 12.3. The Hall–Kier alpha value is -2.65. The zero-order chi connectivity index (χ0) is 19.3. The number of carbonyl (C=O) groups is 1. The second-order valence-corrected chi connectivity index (χ2v) is 7.02. The Kier molecular flexibility index (Phi) is 6.17. The molecule has 0 aliphatic rings. The van der Waals surface area contributed by atoms with Gasteiger partial charge in [-0.25, -0.2) is 17.5 Å². The van der Waals surface area contributed by atoms with Crippen LogP contribution in [0, 0.1) is 5.82 Å². The molecule has 2 aromatic rings. The summed E-state index contributed by atoms with van der Waals surface area (Å²) >= 11 is 0. The number of nitrogens with one attached hydrogen (secondary N) is 1. The molecule has 2 rings (SSSR count). The number of carboxylic acids is 1. The van der Waals surface area contributed by atoms with Crippen LogP contribution in [0.4, 0.5) is 4.39 Å². The molecule has 0 bridgehead atoms. The minimum atomic E-state index is -4.15. The van der Waals surface area contributed by atoms with Crippen molar-refractivity contribution in [2.45, 2.75) is 17.4 Å². The maximum absolute atomic E-state index is 13.1. The highest BCUT2D eigenvalue weighted by Crippen LogP contribution is 2.30. The number of methoxy groups -OCH3 is 2. The third-order valence-electron chi connectivity index (χ3n) is 3.61. The summed E-state index contributed by atoms with van der Waals surface area (Å²) in [6, 6.07) is 8.06. The van der Waals surface area contributed by atoms with E-state index in [2.05, 4.69) is 4.72 Å². The SMILES string of the molecule is COc1ccc(OC)c(S(=O)(=O)N[C@H](CC(=O)O)c2ccc(F)cc2)c1. The van der Waals surface area contributed by atoms with Crippen LogP contribution in [0.2, 0.25) is 0 Å². The Morgan fingerprint density at radius 3 is 2.35 bits per heavy atom. The van der Waals surface area contributed by atoms with Crippen molar-refractivity contribution in [2.24, 2.45) is 0 Å². The molecule has 0 aliphatic carbocycles. The molecule has 2 aromatic carbocycles. The van der Waals surface area contributed by atoms with Gasteiger partial charge in [0.1, 0.15) is 22.2 Å². The Balaban J connectivity index is 2.43. The predicted octanol–water partition coefficient (Wildman–Crippen LogP) is 2.34. The zero-order valence-corrected chi connectivity index (χ0v) is 14.9. The van der Waals surface area contributed by atoms with E-state index in [4.69, 9.17) is 14.6 Å². The number of sulfonamides is 1. The van der Waals surface area contributed by atoms with Crippen molar-refractivity contribution >= 4 is 16.0 Å². The molecule has 0 aliphatic heterocycles. The number of carboxylic acid groups (broad SMARTS) is 1. The van der Waals surface area contributed by atoms with Crippen molar-refractivity contribution in [3.05, 3.63) is 53.8 Å². The van der Waals surface area contributed by atoms with E-state index in [1.807, 2.05) is 0 Å². The van der Waals surface area contributed by atoms with E-state index < -0.39 is 34.3 Å². The molecule has 1 atom stereocenters. The molecule has 0 heterocycles. The van der Waals surface area contributed by atoms with Gasteiger partial charge in [0.05, 0.1) is 26.7 Å². The van der Waals surface area contributed by atoms with Crippen LogP contribution in [-0.2, 0) is 14.8 Å².